The molecule has 2 aromatic heterocycles. The van der Waals surface area contributed by atoms with E-state index in [1.54, 1.807) is 29.2 Å². The molecule has 1 amide bonds. The lowest BCUT2D eigenvalue weighted by atomic mass is 10.0. The number of amides is 1. The maximum absolute atomic E-state index is 12.3. The number of benzene rings is 2. The van der Waals surface area contributed by atoms with Crippen molar-refractivity contribution < 1.29 is 19.4 Å². The van der Waals surface area contributed by atoms with Crippen molar-refractivity contribution >= 4 is 17.7 Å². The first-order chi connectivity index (χ1) is 18.6. The zero-order valence-corrected chi connectivity index (χ0v) is 21.6. The van der Waals surface area contributed by atoms with Gasteiger partial charge in [-0.3, -0.25) is 9.78 Å². The summed E-state index contributed by atoms with van der Waals surface area (Å²) in [6.45, 7) is 0.392. The number of hydrogen-bond acceptors (Lipinski definition) is 9. The Morgan fingerprint density at radius 3 is 2.53 bits per heavy atom. The van der Waals surface area contributed by atoms with Gasteiger partial charge in [0.2, 0.25) is 5.16 Å². The molecule has 1 fully saturated rings. The van der Waals surface area contributed by atoms with E-state index in [2.05, 4.69) is 25.8 Å². The Hall–Kier alpha value is -3.64. The van der Waals surface area contributed by atoms with Crippen LogP contribution in [0, 0.1) is 0 Å². The second-order valence-corrected chi connectivity index (χ2v) is 9.90. The number of pyridine rings is 1. The fraction of sp³-hybridized carbons (Fsp3) is 0.296. The quantitative estimate of drug-likeness (QED) is 0.312. The van der Waals surface area contributed by atoms with Crippen LogP contribution in [0.25, 0.3) is 0 Å². The molecule has 10 nitrogen and oxygen atoms in total. The highest BCUT2D eigenvalue weighted by Crippen LogP contribution is 2.39. The molecule has 3 atom stereocenters. The number of rotatable bonds is 9. The summed E-state index contributed by atoms with van der Waals surface area (Å²) in [5.41, 5.74) is 4.25. The molecule has 0 radical (unpaired) electrons. The molecular weight excluding hydrogens is 504 g/mol. The summed E-state index contributed by atoms with van der Waals surface area (Å²) in [5, 5.41) is 24.7. The molecule has 1 saturated heterocycles. The van der Waals surface area contributed by atoms with E-state index < -0.39 is 6.29 Å². The topological polar surface area (TPSA) is 124 Å². The van der Waals surface area contributed by atoms with Gasteiger partial charge in [0.05, 0.1) is 24.4 Å². The Morgan fingerprint density at radius 2 is 1.84 bits per heavy atom. The van der Waals surface area contributed by atoms with Gasteiger partial charge < -0.3 is 19.9 Å². The molecule has 2 N–H and O–H groups in total. The molecule has 38 heavy (non-hydrogen) atoms. The van der Waals surface area contributed by atoms with Crippen LogP contribution >= 0.6 is 11.8 Å². The number of tetrazole rings is 1. The first-order valence-corrected chi connectivity index (χ1v) is 13.2. The largest absolute Gasteiger partial charge is 0.392 e. The molecule has 1 aliphatic heterocycles. The molecule has 0 bridgehead atoms. The van der Waals surface area contributed by atoms with Gasteiger partial charge in [-0.1, -0.05) is 60.3 Å². The third-order valence-electron chi connectivity index (χ3n) is 6.22. The Morgan fingerprint density at radius 1 is 1.08 bits per heavy atom. The normalized spacial score (nSPS) is 19.3. The highest BCUT2D eigenvalue weighted by atomic mass is 32.2. The Balaban J connectivity index is 1.27. The minimum atomic E-state index is -0.562. The first-order valence-electron chi connectivity index (χ1n) is 12.2. The smallest absolute Gasteiger partial charge is 0.253 e. The third-order valence-corrected chi connectivity index (χ3v) is 7.37. The van der Waals surface area contributed by atoms with Gasteiger partial charge in [-0.2, -0.15) is 0 Å². The zero-order chi connectivity index (χ0) is 26.3. The van der Waals surface area contributed by atoms with Crippen LogP contribution < -0.4 is 5.32 Å². The molecule has 3 heterocycles. The van der Waals surface area contributed by atoms with Crippen LogP contribution in [0.4, 0.5) is 0 Å². The summed E-state index contributed by atoms with van der Waals surface area (Å²) in [5.74, 6) is 0.493. The van der Waals surface area contributed by atoms with Gasteiger partial charge in [-0.05, 0) is 39.2 Å². The fourth-order valence-corrected chi connectivity index (χ4v) is 4.98. The number of aryl methyl sites for hydroxylation is 1. The maximum Gasteiger partial charge on any atom is 0.253 e. The summed E-state index contributed by atoms with van der Waals surface area (Å²) >= 11 is 1.54. The molecule has 4 aromatic rings. The SMILES string of the molecule is Cn1nnnc1SC[C@@H]1C[C@H](c2ccc(CO)cc2)O[C@H](c2ccc(CNC(=O)c3cccnc3)cc2)O1. The minimum absolute atomic E-state index is 0.00240. The number of ether oxygens (including phenoxy) is 2. The number of hydrogen-bond donors (Lipinski definition) is 2. The summed E-state index contributed by atoms with van der Waals surface area (Å²) in [7, 11) is 1.81. The molecule has 5 rings (SSSR count). The van der Waals surface area contributed by atoms with Crippen molar-refractivity contribution in [1.29, 1.82) is 0 Å². The van der Waals surface area contributed by atoms with Gasteiger partial charge >= 0.3 is 0 Å². The van der Waals surface area contributed by atoms with Gasteiger partial charge in [-0.25, -0.2) is 4.68 Å². The molecule has 0 saturated carbocycles. The predicted molar refractivity (Wildman–Crippen MR) is 140 cm³/mol. The summed E-state index contributed by atoms with van der Waals surface area (Å²) in [6, 6.07) is 19.1. The summed E-state index contributed by atoms with van der Waals surface area (Å²) in [6.07, 6.45) is 3.01. The monoisotopic (exact) mass is 532 g/mol. The Kier molecular flexibility index (Phi) is 8.39. The van der Waals surface area contributed by atoms with Crippen molar-refractivity contribution in [2.45, 2.75) is 43.2 Å². The van der Waals surface area contributed by atoms with Crippen LogP contribution in [-0.2, 0) is 29.7 Å². The first kappa shape index (κ1) is 26.0. The third kappa shape index (κ3) is 6.43. The maximum atomic E-state index is 12.3. The highest BCUT2D eigenvalue weighted by Gasteiger charge is 2.32. The summed E-state index contributed by atoms with van der Waals surface area (Å²) in [4.78, 5) is 16.3. The number of aliphatic hydroxyl groups excluding tert-OH is 1. The van der Waals surface area contributed by atoms with E-state index >= 15 is 0 Å². The molecular formula is C27H28N6O4S. The predicted octanol–water partition coefficient (Wildman–Crippen LogP) is 3.37. The van der Waals surface area contributed by atoms with Gasteiger partial charge in [-0.15, -0.1) is 5.10 Å². The van der Waals surface area contributed by atoms with Gasteiger partial charge in [0, 0.05) is 43.7 Å². The highest BCUT2D eigenvalue weighted by molar-refractivity contribution is 7.99. The van der Waals surface area contributed by atoms with E-state index in [0.29, 0.717) is 24.3 Å². The molecule has 0 spiro atoms. The average molecular weight is 533 g/mol. The minimum Gasteiger partial charge on any atom is -0.392 e. The van der Waals surface area contributed by atoms with E-state index in [1.165, 1.54) is 11.8 Å². The Bertz CT molecular complexity index is 1330. The van der Waals surface area contributed by atoms with E-state index in [1.807, 2.05) is 55.6 Å². The van der Waals surface area contributed by atoms with Crippen LogP contribution in [0.15, 0.2) is 78.2 Å². The van der Waals surface area contributed by atoms with Crippen molar-refractivity contribution in [3.05, 3.63) is 101 Å². The molecule has 2 aromatic carbocycles. The molecule has 0 aliphatic carbocycles. The van der Waals surface area contributed by atoms with E-state index in [4.69, 9.17) is 9.47 Å². The summed E-state index contributed by atoms with van der Waals surface area (Å²) < 4.78 is 14.4. The lowest BCUT2D eigenvalue weighted by Crippen LogP contribution is -2.31. The number of aromatic nitrogens is 5. The van der Waals surface area contributed by atoms with Gasteiger partial charge in [0.25, 0.3) is 5.91 Å². The van der Waals surface area contributed by atoms with E-state index in [9.17, 15) is 9.90 Å². The molecule has 11 heteroatoms. The van der Waals surface area contributed by atoms with Crippen molar-refractivity contribution in [3.8, 4) is 0 Å². The molecule has 0 unspecified atom stereocenters. The van der Waals surface area contributed by atoms with Gasteiger partial charge in [0.15, 0.2) is 6.29 Å². The van der Waals surface area contributed by atoms with Crippen molar-refractivity contribution in [2.75, 3.05) is 5.75 Å². The van der Waals surface area contributed by atoms with Crippen LogP contribution in [0.2, 0.25) is 0 Å². The van der Waals surface area contributed by atoms with E-state index in [0.717, 1.165) is 27.4 Å². The Labute approximate surface area is 224 Å². The number of nitrogens with zero attached hydrogens (tertiary/aromatic N) is 5. The number of thioether (sulfide) groups is 1. The van der Waals surface area contributed by atoms with Crippen LogP contribution in [-0.4, -0.2) is 48.1 Å². The van der Waals surface area contributed by atoms with Crippen LogP contribution in [0.3, 0.4) is 0 Å². The zero-order valence-electron chi connectivity index (χ0n) is 20.8. The lowest BCUT2D eigenvalue weighted by molar-refractivity contribution is -0.245. The van der Waals surface area contributed by atoms with Crippen molar-refractivity contribution in [1.82, 2.24) is 30.5 Å². The van der Waals surface area contributed by atoms with Crippen LogP contribution in [0.1, 0.15) is 51.4 Å². The van der Waals surface area contributed by atoms with Crippen molar-refractivity contribution in [2.24, 2.45) is 7.05 Å². The van der Waals surface area contributed by atoms with Crippen molar-refractivity contribution in [3.63, 3.8) is 0 Å². The molecule has 1 aliphatic rings. The van der Waals surface area contributed by atoms with Gasteiger partial charge in [0.1, 0.15) is 0 Å². The second-order valence-electron chi connectivity index (χ2n) is 8.91. The lowest BCUT2D eigenvalue weighted by Gasteiger charge is -2.36. The number of nitrogens with one attached hydrogen (secondary N) is 1. The van der Waals surface area contributed by atoms with E-state index in [-0.39, 0.29) is 24.7 Å². The van der Waals surface area contributed by atoms with Crippen LogP contribution in [0.5, 0.6) is 0 Å². The fourth-order valence-electron chi connectivity index (χ4n) is 4.11. The second kappa shape index (κ2) is 12.3. The number of carbonyl (C=O) groups excluding carboxylic acids is 1. The standard InChI is InChI=1S/C27H28N6O4S/c1-33-27(30-31-32-33)38-17-23-13-24(20-8-6-19(16-34)7-9-20)37-26(36-23)21-10-4-18(5-11-21)14-29-25(35)22-3-2-12-28-15-22/h2-12,15,23-24,26,34H,13-14,16-17H2,1H3,(H,29,35)/t23-,24+,26+/m0/s1. The molecule has 196 valence electrons. The average Bonchev–Trinajstić information content (AvgIpc) is 3.39. The number of aliphatic hydroxyl groups is 1. The number of carbonyl (C=O) groups is 1.